The van der Waals surface area contributed by atoms with Crippen molar-refractivity contribution in [1.29, 1.82) is 0 Å². The maximum atomic E-state index is 4.64. The van der Waals surface area contributed by atoms with Crippen molar-refractivity contribution in [3.63, 3.8) is 0 Å². The standard InChI is InChI=1S/C14H17N5/c1-19-9-8-16-13(10-19)14-17-7-5-12(18-14)11-4-2-3-6-15-11/h2-7,13,16H,8-10H2,1H3. The highest BCUT2D eigenvalue weighted by atomic mass is 15.2. The van der Waals surface area contributed by atoms with E-state index in [1.54, 1.807) is 6.20 Å². The van der Waals surface area contributed by atoms with Crippen LogP contribution in [0, 0.1) is 0 Å². The zero-order valence-corrected chi connectivity index (χ0v) is 11.0. The van der Waals surface area contributed by atoms with E-state index < -0.39 is 0 Å². The summed E-state index contributed by atoms with van der Waals surface area (Å²) in [5, 5.41) is 3.46. The maximum absolute atomic E-state index is 4.64. The Morgan fingerprint density at radius 1 is 1.16 bits per heavy atom. The van der Waals surface area contributed by atoms with Crippen molar-refractivity contribution in [2.24, 2.45) is 0 Å². The minimum Gasteiger partial charge on any atom is -0.305 e. The Bertz CT molecular complexity index is 543. The largest absolute Gasteiger partial charge is 0.305 e. The van der Waals surface area contributed by atoms with Crippen molar-refractivity contribution < 1.29 is 0 Å². The van der Waals surface area contributed by atoms with Crippen LogP contribution >= 0.6 is 0 Å². The maximum Gasteiger partial charge on any atom is 0.147 e. The lowest BCUT2D eigenvalue weighted by molar-refractivity contribution is 0.235. The monoisotopic (exact) mass is 255 g/mol. The lowest BCUT2D eigenvalue weighted by atomic mass is 10.2. The van der Waals surface area contributed by atoms with Crippen LogP contribution in [0.3, 0.4) is 0 Å². The van der Waals surface area contributed by atoms with Gasteiger partial charge in [0.1, 0.15) is 5.82 Å². The van der Waals surface area contributed by atoms with Gasteiger partial charge in [0, 0.05) is 32.0 Å². The highest BCUT2D eigenvalue weighted by Gasteiger charge is 2.20. The third-order valence-electron chi connectivity index (χ3n) is 3.29. The lowest BCUT2D eigenvalue weighted by Gasteiger charge is -2.29. The SMILES string of the molecule is CN1CCNC(c2nccc(-c3ccccn3)n2)C1. The molecule has 5 heteroatoms. The van der Waals surface area contributed by atoms with E-state index in [9.17, 15) is 0 Å². The van der Waals surface area contributed by atoms with Crippen molar-refractivity contribution in [1.82, 2.24) is 25.2 Å². The summed E-state index contributed by atoms with van der Waals surface area (Å²) in [5.74, 6) is 0.842. The molecule has 5 nitrogen and oxygen atoms in total. The number of piperazine rings is 1. The summed E-state index contributed by atoms with van der Waals surface area (Å²) in [5.41, 5.74) is 1.76. The van der Waals surface area contributed by atoms with Crippen molar-refractivity contribution in [2.45, 2.75) is 6.04 Å². The van der Waals surface area contributed by atoms with Gasteiger partial charge < -0.3 is 10.2 Å². The van der Waals surface area contributed by atoms with Crippen molar-refractivity contribution in [2.75, 3.05) is 26.7 Å². The molecule has 1 aliphatic heterocycles. The predicted molar refractivity (Wildman–Crippen MR) is 73.5 cm³/mol. The van der Waals surface area contributed by atoms with E-state index in [1.807, 2.05) is 30.5 Å². The Labute approximate surface area is 112 Å². The predicted octanol–water partition coefficient (Wildman–Crippen LogP) is 1.11. The first kappa shape index (κ1) is 12.2. The van der Waals surface area contributed by atoms with Crippen LogP contribution in [-0.2, 0) is 0 Å². The summed E-state index contributed by atoms with van der Waals surface area (Å²) < 4.78 is 0. The molecule has 0 aliphatic carbocycles. The third-order valence-corrected chi connectivity index (χ3v) is 3.29. The number of rotatable bonds is 2. The number of hydrogen-bond donors (Lipinski definition) is 1. The highest BCUT2D eigenvalue weighted by Crippen LogP contribution is 2.17. The van der Waals surface area contributed by atoms with Crippen LogP contribution in [0.1, 0.15) is 11.9 Å². The summed E-state index contributed by atoms with van der Waals surface area (Å²) in [4.78, 5) is 15.7. The minimum atomic E-state index is 0.197. The summed E-state index contributed by atoms with van der Waals surface area (Å²) in [6, 6.07) is 7.94. The molecule has 3 heterocycles. The van der Waals surface area contributed by atoms with Crippen LogP contribution in [0.5, 0.6) is 0 Å². The zero-order valence-electron chi connectivity index (χ0n) is 11.0. The van der Waals surface area contributed by atoms with E-state index in [2.05, 4.69) is 32.2 Å². The normalized spacial score (nSPS) is 20.4. The molecule has 1 aliphatic rings. The second kappa shape index (κ2) is 5.42. The molecule has 0 amide bonds. The molecule has 2 aromatic heterocycles. The van der Waals surface area contributed by atoms with Gasteiger partial charge in [-0.15, -0.1) is 0 Å². The Hall–Kier alpha value is -1.85. The molecule has 19 heavy (non-hydrogen) atoms. The molecular weight excluding hydrogens is 238 g/mol. The molecule has 0 bridgehead atoms. The van der Waals surface area contributed by atoms with Gasteiger partial charge in [-0.1, -0.05) is 6.07 Å². The van der Waals surface area contributed by atoms with Crippen molar-refractivity contribution in [3.05, 3.63) is 42.5 Å². The molecule has 1 atom stereocenters. The molecule has 1 saturated heterocycles. The second-order valence-corrected chi connectivity index (χ2v) is 4.78. The second-order valence-electron chi connectivity index (χ2n) is 4.78. The van der Waals surface area contributed by atoms with E-state index in [0.717, 1.165) is 36.8 Å². The van der Waals surface area contributed by atoms with Crippen LogP contribution in [0.25, 0.3) is 11.4 Å². The molecule has 0 saturated carbocycles. The van der Waals surface area contributed by atoms with Gasteiger partial charge in [-0.05, 0) is 25.2 Å². The van der Waals surface area contributed by atoms with Gasteiger partial charge in [-0.25, -0.2) is 9.97 Å². The quantitative estimate of drug-likeness (QED) is 0.871. The fourth-order valence-electron chi connectivity index (χ4n) is 2.27. The summed E-state index contributed by atoms with van der Waals surface area (Å²) in [7, 11) is 2.12. The number of nitrogens with one attached hydrogen (secondary N) is 1. The first-order chi connectivity index (χ1) is 9.33. The molecule has 98 valence electrons. The number of pyridine rings is 1. The molecular formula is C14H17N5. The molecule has 1 fully saturated rings. The van der Waals surface area contributed by atoms with Crippen LogP contribution in [0.15, 0.2) is 36.7 Å². The number of hydrogen-bond acceptors (Lipinski definition) is 5. The van der Waals surface area contributed by atoms with Crippen LogP contribution < -0.4 is 5.32 Å². The highest BCUT2D eigenvalue weighted by molar-refractivity contribution is 5.52. The van der Waals surface area contributed by atoms with Gasteiger partial charge in [-0.2, -0.15) is 0 Å². The number of nitrogens with zero attached hydrogens (tertiary/aromatic N) is 4. The molecule has 3 rings (SSSR count). The van der Waals surface area contributed by atoms with Gasteiger partial charge in [-0.3, -0.25) is 4.98 Å². The summed E-state index contributed by atoms with van der Waals surface area (Å²) >= 11 is 0. The number of likely N-dealkylation sites (N-methyl/N-ethyl adjacent to an activating group) is 1. The molecule has 1 unspecified atom stereocenters. The van der Waals surface area contributed by atoms with Crippen molar-refractivity contribution in [3.8, 4) is 11.4 Å². The van der Waals surface area contributed by atoms with Gasteiger partial charge >= 0.3 is 0 Å². The van der Waals surface area contributed by atoms with Crippen LogP contribution in [-0.4, -0.2) is 46.5 Å². The van der Waals surface area contributed by atoms with Crippen LogP contribution in [0.2, 0.25) is 0 Å². The molecule has 1 N–H and O–H groups in total. The average Bonchev–Trinajstić information content (AvgIpc) is 2.48. The smallest absolute Gasteiger partial charge is 0.147 e. The Morgan fingerprint density at radius 3 is 2.89 bits per heavy atom. The molecule has 0 aromatic carbocycles. The van der Waals surface area contributed by atoms with E-state index >= 15 is 0 Å². The van der Waals surface area contributed by atoms with E-state index in [4.69, 9.17) is 0 Å². The summed E-state index contributed by atoms with van der Waals surface area (Å²) in [6.45, 7) is 2.97. The molecule has 2 aromatic rings. The van der Waals surface area contributed by atoms with E-state index in [0.29, 0.717) is 0 Å². The Morgan fingerprint density at radius 2 is 2.11 bits per heavy atom. The lowest BCUT2D eigenvalue weighted by Crippen LogP contribution is -2.44. The molecule has 0 radical (unpaired) electrons. The van der Waals surface area contributed by atoms with Gasteiger partial charge in [0.05, 0.1) is 17.4 Å². The summed E-state index contributed by atoms with van der Waals surface area (Å²) in [6.07, 6.45) is 3.59. The third kappa shape index (κ3) is 2.77. The van der Waals surface area contributed by atoms with E-state index in [1.165, 1.54) is 0 Å². The van der Waals surface area contributed by atoms with E-state index in [-0.39, 0.29) is 6.04 Å². The van der Waals surface area contributed by atoms with Crippen molar-refractivity contribution >= 4 is 0 Å². The first-order valence-electron chi connectivity index (χ1n) is 6.49. The minimum absolute atomic E-state index is 0.197. The fourth-order valence-corrected chi connectivity index (χ4v) is 2.27. The number of aromatic nitrogens is 3. The van der Waals surface area contributed by atoms with Gasteiger partial charge in [0.15, 0.2) is 0 Å². The zero-order chi connectivity index (χ0) is 13.1. The molecule has 0 spiro atoms. The van der Waals surface area contributed by atoms with Gasteiger partial charge in [0.25, 0.3) is 0 Å². The average molecular weight is 255 g/mol. The topological polar surface area (TPSA) is 53.9 Å². The van der Waals surface area contributed by atoms with Crippen LogP contribution in [0.4, 0.5) is 0 Å². The Kier molecular flexibility index (Phi) is 3.48. The fraction of sp³-hybridized carbons (Fsp3) is 0.357. The van der Waals surface area contributed by atoms with Gasteiger partial charge in [0.2, 0.25) is 0 Å². The Balaban J connectivity index is 1.88. The first-order valence-corrected chi connectivity index (χ1v) is 6.49.